The second-order valence-electron chi connectivity index (χ2n) is 4.68. The molecule has 8 heteroatoms. The summed E-state index contributed by atoms with van der Waals surface area (Å²) in [4.78, 5) is 0. The molecule has 4 atom stereocenters. The summed E-state index contributed by atoms with van der Waals surface area (Å²) in [7, 11) is 0. The van der Waals surface area contributed by atoms with Gasteiger partial charge in [0.05, 0.1) is 12.3 Å². The van der Waals surface area contributed by atoms with E-state index in [9.17, 15) is 15.4 Å². The van der Waals surface area contributed by atoms with Crippen LogP contribution < -0.4 is 10.5 Å². The molecule has 5 N–H and O–H groups in total. The summed E-state index contributed by atoms with van der Waals surface area (Å²) in [6.45, 7) is 1.31. The molecule has 1 aliphatic rings. The van der Waals surface area contributed by atoms with Gasteiger partial charge in [-0.1, -0.05) is 0 Å². The average Bonchev–Trinajstić information content (AvgIpc) is 2.68. The molecule has 2 rings (SSSR count). The average molecular weight is 285 g/mol. The molecule has 8 nitrogen and oxygen atoms in total. The zero-order valence-corrected chi connectivity index (χ0v) is 10.8. The number of ether oxygens (including phenoxy) is 1. The summed E-state index contributed by atoms with van der Waals surface area (Å²) in [5.74, 6) is 0. The molecule has 1 heterocycles. The van der Waals surface area contributed by atoms with E-state index in [-0.39, 0.29) is 10.9 Å². The molecule has 1 fully saturated rings. The van der Waals surface area contributed by atoms with Crippen LogP contribution >= 0.6 is 0 Å². The zero-order chi connectivity index (χ0) is 14.9. The van der Waals surface area contributed by atoms with E-state index < -0.39 is 31.1 Å². The van der Waals surface area contributed by atoms with Crippen LogP contribution in [0.15, 0.2) is 18.2 Å². The van der Waals surface area contributed by atoms with Crippen LogP contribution in [0.4, 0.5) is 11.4 Å². The van der Waals surface area contributed by atoms with E-state index in [2.05, 4.69) is 5.32 Å². The summed E-state index contributed by atoms with van der Waals surface area (Å²) in [5, 5.41) is 50.6. The molecule has 0 unspecified atom stereocenters. The summed E-state index contributed by atoms with van der Waals surface area (Å²) in [6.07, 6.45) is -4.08. The fourth-order valence-corrected chi connectivity index (χ4v) is 2.10. The topological polar surface area (TPSA) is 128 Å². The third-order valence-corrected chi connectivity index (χ3v) is 3.27. The number of nitrogens with one attached hydrogen (secondary N) is 1. The van der Waals surface area contributed by atoms with Crippen molar-refractivity contribution in [3.05, 3.63) is 29.0 Å². The zero-order valence-electron chi connectivity index (χ0n) is 10.8. The van der Waals surface area contributed by atoms with Crippen LogP contribution in [0, 0.1) is 12.1 Å². The van der Waals surface area contributed by atoms with Crippen molar-refractivity contribution in [3.8, 4) is 0 Å². The third-order valence-electron chi connectivity index (χ3n) is 3.27. The lowest BCUT2D eigenvalue weighted by Crippen LogP contribution is -2.36. The fraction of sp³-hybridized carbons (Fsp3) is 0.500. The van der Waals surface area contributed by atoms with Gasteiger partial charge in [-0.05, 0) is 30.7 Å². The van der Waals surface area contributed by atoms with E-state index in [4.69, 9.17) is 15.1 Å². The molecule has 1 saturated heterocycles. The van der Waals surface area contributed by atoms with Crippen LogP contribution in [0.5, 0.6) is 0 Å². The minimum Gasteiger partial charge on any atom is -0.733 e. The first-order chi connectivity index (χ1) is 9.43. The second kappa shape index (κ2) is 5.92. The largest absolute Gasteiger partial charge is 0.733 e. The van der Waals surface area contributed by atoms with Crippen LogP contribution in [0.2, 0.25) is 0 Å². The maximum Gasteiger partial charge on any atom is 0.157 e. The van der Waals surface area contributed by atoms with Gasteiger partial charge in [0.2, 0.25) is 0 Å². The maximum atomic E-state index is 10.8. The van der Waals surface area contributed by atoms with Gasteiger partial charge < -0.3 is 35.8 Å². The maximum absolute atomic E-state index is 10.8. The van der Waals surface area contributed by atoms with Crippen LogP contribution in [-0.2, 0) is 4.74 Å². The Labute approximate surface area is 115 Å². The molecular formula is C12H17N2O6-. The van der Waals surface area contributed by atoms with Crippen molar-refractivity contribution >= 4 is 11.4 Å². The van der Waals surface area contributed by atoms with Crippen molar-refractivity contribution in [2.45, 2.75) is 31.5 Å². The van der Waals surface area contributed by atoms with Crippen LogP contribution in [0.1, 0.15) is 5.56 Å². The number of benzene rings is 1. The van der Waals surface area contributed by atoms with Crippen molar-refractivity contribution in [3.63, 3.8) is 0 Å². The van der Waals surface area contributed by atoms with E-state index in [0.717, 1.165) is 0 Å². The smallest absolute Gasteiger partial charge is 0.157 e. The highest BCUT2D eigenvalue weighted by molar-refractivity contribution is 5.59. The first kappa shape index (κ1) is 15.0. The van der Waals surface area contributed by atoms with Crippen molar-refractivity contribution < 1.29 is 25.3 Å². The van der Waals surface area contributed by atoms with E-state index in [1.807, 2.05) is 0 Å². The summed E-state index contributed by atoms with van der Waals surface area (Å²) in [6, 6.07) is 4.39. The van der Waals surface area contributed by atoms with Crippen LogP contribution in [-0.4, -0.2) is 51.7 Å². The number of aryl methyl sites for hydroxylation is 1. The van der Waals surface area contributed by atoms with Gasteiger partial charge in [-0.25, -0.2) is 0 Å². The number of aliphatic hydroxyl groups is 3. The lowest BCUT2D eigenvalue weighted by Gasteiger charge is -2.24. The minimum absolute atomic E-state index is 0.0780. The molecule has 0 amide bonds. The number of hydrogen-bond acceptors (Lipinski definition) is 8. The highest BCUT2D eigenvalue weighted by Gasteiger charge is 2.42. The molecule has 112 valence electrons. The predicted molar refractivity (Wildman–Crippen MR) is 70.2 cm³/mol. The Bertz CT molecular complexity index is 469. The standard InChI is InChI=1S/C12H17N2O6/c1-6-4-7(14(18)19)2-3-8(6)13-12-11(17)10(16)9(5-15)20-12/h2-4,9-13,15-18H,5H2,1H3/q-1/t9-,10-,11-,12+/m1/s1. The van der Waals surface area contributed by atoms with Gasteiger partial charge >= 0.3 is 0 Å². The minimum atomic E-state index is -1.18. The number of anilines is 2. The van der Waals surface area contributed by atoms with E-state index in [1.54, 1.807) is 13.0 Å². The molecule has 0 spiro atoms. The van der Waals surface area contributed by atoms with Gasteiger partial charge in [0.15, 0.2) is 6.23 Å². The SMILES string of the molecule is Cc1cc(N([O-])O)ccc1N[C@H]1O[C@H](CO)[C@@H](O)[C@H]1O. The summed E-state index contributed by atoms with van der Waals surface area (Å²) >= 11 is 0. The van der Waals surface area contributed by atoms with E-state index in [0.29, 0.717) is 11.3 Å². The highest BCUT2D eigenvalue weighted by Crippen LogP contribution is 2.26. The molecule has 1 aromatic carbocycles. The fourth-order valence-electron chi connectivity index (χ4n) is 2.10. The van der Waals surface area contributed by atoms with E-state index in [1.165, 1.54) is 12.1 Å². The molecule has 0 aliphatic carbocycles. The molecule has 1 aromatic rings. The Hall–Kier alpha value is -1.42. The number of aliphatic hydroxyl groups excluding tert-OH is 3. The lowest BCUT2D eigenvalue weighted by atomic mass is 10.1. The third kappa shape index (κ3) is 2.85. The molecule has 1 aliphatic heterocycles. The van der Waals surface area contributed by atoms with Crippen LogP contribution in [0.25, 0.3) is 0 Å². The molecule has 0 aromatic heterocycles. The number of hydrogen-bond donors (Lipinski definition) is 5. The van der Waals surface area contributed by atoms with Gasteiger partial charge in [-0.15, -0.1) is 0 Å². The van der Waals surface area contributed by atoms with Crippen molar-refractivity contribution in [1.29, 1.82) is 0 Å². The van der Waals surface area contributed by atoms with Crippen molar-refractivity contribution in [1.82, 2.24) is 0 Å². The predicted octanol–water partition coefficient (Wildman–Crippen LogP) is -0.461. The van der Waals surface area contributed by atoms with Gasteiger partial charge in [-0.3, -0.25) is 5.21 Å². The summed E-state index contributed by atoms with van der Waals surface area (Å²) < 4.78 is 5.29. The Morgan fingerprint density at radius 3 is 2.55 bits per heavy atom. The number of rotatable bonds is 4. The van der Waals surface area contributed by atoms with Crippen molar-refractivity contribution in [2.24, 2.45) is 0 Å². The molecular weight excluding hydrogens is 268 g/mol. The Kier molecular flexibility index (Phi) is 4.43. The number of nitrogens with zero attached hydrogens (tertiary/aromatic N) is 1. The normalized spacial score (nSPS) is 29.5. The quantitative estimate of drug-likeness (QED) is 0.470. The first-order valence-corrected chi connectivity index (χ1v) is 6.10. The van der Waals surface area contributed by atoms with E-state index >= 15 is 0 Å². The monoisotopic (exact) mass is 285 g/mol. The highest BCUT2D eigenvalue weighted by atomic mass is 16.8. The first-order valence-electron chi connectivity index (χ1n) is 6.10. The van der Waals surface area contributed by atoms with Crippen LogP contribution in [0.3, 0.4) is 0 Å². The molecule has 0 radical (unpaired) electrons. The van der Waals surface area contributed by atoms with Gasteiger partial charge in [0, 0.05) is 5.69 Å². The Balaban J connectivity index is 2.11. The Morgan fingerprint density at radius 1 is 1.35 bits per heavy atom. The van der Waals surface area contributed by atoms with Gasteiger partial charge in [0.25, 0.3) is 0 Å². The Morgan fingerprint density at radius 2 is 2.05 bits per heavy atom. The van der Waals surface area contributed by atoms with Gasteiger partial charge in [-0.2, -0.15) is 0 Å². The molecule has 0 bridgehead atoms. The second-order valence-corrected chi connectivity index (χ2v) is 4.68. The lowest BCUT2D eigenvalue weighted by molar-refractivity contribution is -0.0153. The molecule has 0 saturated carbocycles. The van der Waals surface area contributed by atoms with Crippen molar-refractivity contribution in [2.75, 3.05) is 17.2 Å². The van der Waals surface area contributed by atoms with Gasteiger partial charge in [0.1, 0.15) is 18.3 Å². The molecule has 20 heavy (non-hydrogen) atoms. The summed E-state index contributed by atoms with van der Waals surface area (Å²) in [5.41, 5.74) is 1.30.